The van der Waals surface area contributed by atoms with Gasteiger partial charge in [-0.25, -0.2) is 4.68 Å². The van der Waals surface area contributed by atoms with E-state index < -0.39 is 5.97 Å². The van der Waals surface area contributed by atoms with Gasteiger partial charge in [-0.3, -0.25) is 9.69 Å². The highest BCUT2D eigenvalue weighted by molar-refractivity contribution is 5.73. The third-order valence-corrected chi connectivity index (χ3v) is 5.27. The SMILES string of the molecule is O=C(O)C1CCCCN1Cc1nn(-c2ccccc2)c2c1CCC2. The molecule has 1 aromatic carbocycles. The summed E-state index contributed by atoms with van der Waals surface area (Å²) in [6, 6.07) is 9.87. The third-order valence-electron chi connectivity index (χ3n) is 5.27. The van der Waals surface area contributed by atoms with Crippen LogP contribution in [0.1, 0.15) is 42.6 Å². The highest BCUT2D eigenvalue weighted by atomic mass is 16.4. The summed E-state index contributed by atoms with van der Waals surface area (Å²) in [4.78, 5) is 13.6. The predicted octanol–water partition coefficient (Wildman–Crippen LogP) is 2.80. The fourth-order valence-corrected chi connectivity index (χ4v) is 4.08. The van der Waals surface area contributed by atoms with Crippen LogP contribution in [0.3, 0.4) is 0 Å². The molecule has 0 spiro atoms. The molecule has 0 bridgehead atoms. The first-order valence-electron chi connectivity index (χ1n) is 8.86. The van der Waals surface area contributed by atoms with Gasteiger partial charge in [0.25, 0.3) is 0 Å². The zero-order valence-electron chi connectivity index (χ0n) is 13.8. The lowest BCUT2D eigenvalue weighted by Gasteiger charge is -2.32. The van der Waals surface area contributed by atoms with E-state index in [1.54, 1.807) is 0 Å². The molecule has 4 rings (SSSR count). The van der Waals surface area contributed by atoms with Gasteiger partial charge in [-0.15, -0.1) is 0 Å². The van der Waals surface area contributed by atoms with Gasteiger partial charge in [0, 0.05) is 12.2 Å². The van der Waals surface area contributed by atoms with Crippen molar-refractivity contribution < 1.29 is 9.90 Å². The van der Waals surface area contributed by atoms with Gasteiger partial charge in [0.2, 0.25) is 0 Å². The Balaban J connectivity index is 1.65. The number of aliphatic carboxylic acids is 1. The van der Waals surface area contributed by atoms with Gasteiger partial charge in [-0.05, 0) is 56.3 Å². The van der Waals surface area contributed by atoms with Crippen molar-refractivity contribution in [2.24, 2.45) is 0 Å². The Morgan fingerprint density at radius 2 is 2.00 bits per heavy atom. The molecule has 24 heavy (non-hydrogen) atoms. The van der Waals surface area contributed by atoms with Crippen LogP contribution in [0.4, 0.5) is 0 Å². The molecule has 5 heteroatoms. The second kappa shape index (κ2) is 6.40. The van der Waals surface area contributed by atoms with Crippen LogP contribution < -0.4 is 0 Å². The van der Waals surface area contributed by atoms with E-state index in [-0.39, 0.29) is 6.04 Å². The molecule has 1 atom stereocenters. The van der Waals surface area contributed by atoms with Crippen LogP contribution >= 0.6 is 0 Å². The van der Waals surface area contributed by atoms with Crippen LogP contribution in [-0.2, 0) is 24.2 Å². The summed E-state index contributed by atoms with van der Waals surface area (Å²) in [6.45, 7) is 1.50. The van der Waals surface area contributed by atoms with Crippen molar-refractivity contribution in [3.05, 3.63) is 47.3 Å². The number of nitrogens with zero attached hydrogens (tertiary/aromatic N) is 3. The highest BCUT2D eigenvalue weighted by Gasteiger charge is 2.31. The molecule has 2 aliphatic rings. The van der Waals surface area contributed by atoms with Crippen LogP contribution in [0.5, 0.6) is 0 Å². The minimum Gasteiger partial charge on any atom is -0.480 e. The number of hydrogen-bond acceptors (Lipinski definition) is 3. The van der Waals surface area contributed by atoms with Gasteiger partial charge in [0.15, 0.2) is 0 Å². The predicted molar refractivity (Wildman–Crippen MR) is 91.3 cm³/mol. The smallest absolute Gasteiger partial charge is 0.320 e. The van der Waals surface area contributed by atoms with Gasteiger partial charge in [0.05, 0.1) is 11.4 Å². The van der Waals surface area contributed by atoms with E-state index >= 15 is 0 Å². The van der Waals surface area contributed by atoms with Crippen molar-refractivity contribution >= 4 is 5.97 Å². The monoisotopic (exact) mass is 325 g/mol. The Morgan fingerprint density at radius 3 is 2.79 bits per heavy atom. The number of likely N-dealkylation sites (tertiary alicyclic amines) is 1. The first-order valence-corrected chi connectivity index (χ1v) is 8.86. The van der Waals surface area contributed by atoms with Crippen molar-refractivity contribution in [1.82, 2.24) is 14.7 Å². The van der Waals surface area contributed by atoms with E-state index in [4.69, 9.17) is 5.10 Å². The molecular weight excluding hydrogens is 302 g/mol. The summed E-state index contributed by atoms with van der Waals surface area (Å²) in [6.07, 6.45) is 6.10. The summed E-state index contributed by atoms with van der Waals surface area (Å²) < 4.78 is 2.07. The number of benzene rings is 1. The van der Waals surface area contributed by atoms with Crippen molar-refractivity contribution in [2.45, 2.75) is 51.1 Å². The van der Waals surface area contributed by atoms with Crippen molar-refractivity contribution in [2.75, 3.05) is 6.54 Å². The number of rotatable bonds is 4. The Morgan fingerprint density at radius 1 is 1.17 bits per heavy atom. The number of carbonyl (C=O) groups is 1. The molecule has 0 amide bonds. The number of para-hydroxylation sites is 1. The molecule has 0 saturated carbocycles. The number of carboxylic acid groups (broad SMARTS) is 1. The van der Waals surface area contributed by atoms with Crippen molar-refractivity contribution in [3.63, 3.8) is 0 Å². The number of aromatic nitrogens is 2. The van der Waals surface area contributed by atoms with E-state index in [2.05, 4.69) is 21.7 Å². The maximum Gasteiger partial charge on any atom is 0.320 e. The zero-order chi connectivity index (χ0) is 16.5. The molecule has 1 N–H and O–H groups in total. The molecule has 126 valence electrons. The Labute approximate surface area is 141 Å². The lowest BCUT2D eigenvalue weighted by atomic mass is 10.0. The molecule has 5 nitrogen and oxygen atoms in total. The number of piperidine rings is 1. The normalized spacial score (nSPS) is 20.9. The molecule has 1 unspecified atom stereocenters. The minimum absolute atomic E-state index is 0.363. The number of hydrogen-bond donors (Lipinski definition) is 1. The van der Waals surface area contributed by atoms with Crippen molar-refractivity contribution in [1.29, 1.82) is 0 Å². The Hall–Kier alpha value is -2.14. The van der Waals surface area contributed by atoms with Gasteiger partial charge in [0.1, 0.15) is 6.04 Å². The Kier molecular flexibility index (Phi) is 4.10. The standard InChI is InChI=1S/C19H23N3O2/c23-19(24)18-10-4-5-12-21(18)13-16-15-9-6-11-17(15)22(20-16)14-7-2-1-3-8-14/h1-3,7-8,18H,4-6,9-13H2,(H,23,24). The molecule has 1 aromatic heterocycles. The average Bonchev–Trinajstić information content (AvgIpc) is 3.20. The second-order valence-corrected chi connectivity index (χ2v) is 6.79. The number of fused-ring (bicyclic) bond motifs is 1. The van der Waals surface area contributed by atoms with Gasteiger partial charge < -0.3 is 5.11 Å². The van der Waals surface area contributed by atoms with Gasteiger partial charge >= 0.3 is 5.97 Å². The first kappa shape index (κ1) is 15.4. The average molecular weight is 325 g/mol. The summed E-state index contributed by atoms with van der Waals surface area (Å²) >= 11 is 0. The highest BCUT2D eigenvalue weighted by Crippen LogP contribution is 2.30. The van der Waals surface area contributed by atoms with E-state index in [9.17, 15) is 9.90 Å². The van der Waals surface area contributed by atoms with Crippen LogP contribution in [0.15, 0.2) is 30.3 Å². The first-order chi connectivity index (χ1) is 11.7. The Bertz CT molecular complexity index is 739. The van der Waals surface area contributed by atoms with E-state index in [0.717, 1.165) is 56.5 Å². The second-order valence-electron chi connectivity index (χ2n) is 6.79. The van der Waals surface area contributed by atoms with Crippen LogP contribution in [0.25, 0.3) is 5.69 Å². The molecule has 2 aromatic rings. The fourth-order valence-electron chi connectivity index (χ4n) is 4.08. The summed E-state index contributed by atoms with van der Waals surface area (Å²) in [7, 11) is 0. The molecule has 1 saturated heterocycles. The quantitative estimate of drug-likeness (QED) is 0.939. The van der Waals surface area contributed by atoms with E-state index in [0.29, 0.717) is 6.54 Å². The van der Waals surface area contributed by atoms with Crippen LogP contribution in [-0.4, -0.2) is 38.3 Å². The maximum absolute atomic E-state index is 11.5. The topological polar surface area (TPSA) is 58.4 Å². The molecule has 1 aliphatic carbocycles. The van der Waals surface area contributed by atoms with E-state index in [1.807, 2.05) is 18.2 Å². The molecule has 1 fully saturated rings. The largest absolute Gasteiger partial charge is 0.480 e. The van der Waals surface area contributed by atoms with E-state index in [1.165, 1.54) is 11.3 Å². The maximum atomic E-state index is 11.5. The fraction of sp³-hybridized carbons (Fsp3) is 0.474. The van der Waals surface area contributed by atoms with Crippen LogP contribution in [0.2, 0.25) is 0 Å². The minimum atomic E-state index is -0.700. The zero-order valence-corrected chi connectivity index (χ0v) is 13.8. The molecule has 1 aliphatic heterocycles. The summed E-state index contributed by atoms with van der Waals surface area (Å²) in [5.74, 6) is -0.700. The summed E-state index contributed by atoms with van der Waals surface area (Å²) in [5, 5.41) is 14.4. The summed E-state index contributed by atoms with van der Waals surface area (Å²) in [5.41, 5.74) is 4.81. The third kappa shape index (κ3) is 2.73. The van der Waals surface area contributed by atoms with Gasteiger partial charge in [-0.2, -0.15) is 5.10 Å². The van der Waals surface area contributed by atoms with Crippen LogP contribution in [0, 0.1) is 0 Å². The van der Waals surface area contributed by atoms with Crippen molar-refractivity contribution in [3.8, 4) is 5.69 Å². The molecule has 0 radical (unpaired) electrons. The molecule has 2 heterocycles. The lowest BCUT2D eigenvalue weighted by molar-refractivity contribution is -0.144. The number of carboxylic acids is 1. The van der Waals surface area contributed by atoms with Gasteiger partial charge in [-0.1, -0.05) is 24.6 Å². The molecular formula is C19H23N3O2. The lowest BCUT2D eigenvalue weighted by Crippen LogP contribution is -2.44.